The zero-order valence-electron chi connectivity index (χ0n) is 11.0. The minimum Gasteiger partial charge on any atom is -0.462 e. The monoisotopic (exact) mass is 246 g/mol. The highest BCUT2D eigenvalue weighted by Crippen LogP contribution is 2.13. The lowest BCUT2D eigenvalue weighted by molar-refractivity contribution is -0.140. The molecule has 0 radical (unpaired) electrons. The van der Waals surface area contributed by atoms with Crippen LogP contribution in [0.1, 0.15) is 26.3 Å². The summed E-state index contributed by atoms with van der Waals surface area (Å²) in [5, 5.41) is 0. The van der Waals surface area contributed by atoms with Crippen LogP contribution in [0.15, 0.2) is 35.9 Å². The molecule has 0 saturated carbocycles. The standard InChI is InChI=1S/C15H18O3/c1-4-18-15(17)13(14(16)11(2)3)10-12-8-6-5-7-9-12/h5-11H,4H2,1-3H3. The number of hydrogen-bond donors (Lipinski definition) is 0. The van der Waals surface area contributed by atoms with E-state index in [-0.39, 0.29) is 23.9 Å². The van der Waals surface area contributed by atoms with Gasteiger partial charge in [0.2, 0.25) is 0 Å². The van der Waals surface area contributed by atoms with Crippen molar-refractivity contribution in [3.05, 3.63) is 41.5 Å². The number of esters is 1. The summed E-state index contributed by atoms with van der Waals surface area (Å²) in [6, 6.07) is 9.27. The lowest BCUT2D eigenvalue weighted by Crippen LogP contribution is -2.19. The fourth-order valence-electron chi connectivity index (χ4n) is 1.47. The van der Waals surface area contributed by atoms with Crippen molar-refractivity contribution in [2.24, 2.45) is 5.92 Å². The topological polar surface area (TPSA) is 43.4 Å². The Morgan fingerprint density at radius 1 is 1.22 bits per heavy atom. The first-order valence-electron chi connectivity index (χ1n) is 6.04. The molecular weight excluding hydrogens is 228 g/mol. The van der Waals surface area contributed by atoms with Crippen molar-refractivity contribution in [1.82, 2.24) is 0 Å². The summed E-state index contributed by atoms with van der Waals surface area (Å²) in [5.74, 6) is -0.985. The van der Waals surface area contributed by atoms with Crippen molar-refractivity contribution in [1.29, 1.82) is 0 Å². The van der Waals surface area contributed by atoms with Gasteiger partial charge in [-0.25, -0.2) is 4.79 Å². The van der Waals surface area contributed by atoms with Crippen molar-refractivity contribution in [2.45, 2.75) is 20.8 Å². The molecule has 0 unspecified atom stereocenters. The number of rotatable bonds is 5. The van der Waals surface area contributed by atoms with E-state index in [9.17, 15) is 9.59 Å². The van der Waals surface area contributed by atoms with Gasteiger partial charge in [-0.3, -0.25) is 4.79 Å². The Kier molecular flexibility index (Phi) is 5.31. The van der Waals surface area contributed by atoms with Crippen LogP contribution in [0.25, 0.3) is 6.08 Å². The molecule has 18 heavy (non-hydrogen) atoms. The Morgan fingerprint density at radius 2 is 1.83 bits per heavy atom. The van der Waals surface area contributed by atoms with E-state index < -0.39 is 5.97 Å². The van der Waals surface area contributed by atoms with E-state index >= 15 is 0 Å². The van der Waals surface area contributed by atoms with Crippen LogP contribution >= 0.6 is 0 Å². The number of hydrogen-bond acceptors (Lipinski definition) is 3. The number of carbonyl (C=O) groups is 2. The summed E-state index contributed by atoms with van der Waals surface area (Å²) in [6.07, 6.45) is 1.58. The molecule has 0 aliphatic heterocycles. The smallest absolute Gasteiger partial charge is 0.341 e. The van der Waals surface area contributed by atoms with E-state index in [0.29, 0.717) is 0 Å². The molecule has 1 aromatic carbocycles. The molecule has 3 heteroatoms. The first-order valence-corrected chi connectivity index (χ1v) is 6.04. The number of ketones is 1. The SMILES string of the molecule is CCOC(=O)C(=Cc1ccccc1)C(=O)C(C)C. The second-order valence-electron chi connectivity index (χ2n) is 4.21. The molecule has 0 bridgehead atoms. The first-order chi connectivity index (χ1) is 8.56. The average Bonchev–Trinajstić information content (AvgIpc) is 2.36. The molecule has 0 amide bonds. The number of carbonyl (C=O) groups excluding carboxylic acids is 2. The van der Waals surface area contributed by atoms with Crippen molar-refractivity contribution in [3.8, 4) is 0 Å². The molecule has 0 aliphatic rings. The van der Waals surface area contributed by atoms with Crippen LogP contribution in [0.5, 0.6) is 0 Å². The Morgan fingerprint density at radius 3 is 2.33 bits per heavy atom. The average molecular weight is 246 g/mol. The van der Waals surface area contributed by atoms with Gasteiger partial charge in [0.1, 0.15) is 5.57 Å². The third-order valence-electron chi connectivity index (χ3n) is 2.40. The molecule has 0 N–H and O–H groups in total. The summed E-state index contributed by atoms with van der Waals surface area (Å²) in [7, 11) is 0. The Labute approximate surface area is 107 Å². The van der Waals surface area contributed by atoms with Gasteiger partial charge in [-0.15, -0.1) is 0 Å². The van der Waals surface area contributed by atoms with Gasteiger partial charge < -0.3 is 4.74 Å². The van der Waals surface area contributed by atoms with Crippen LogP contribution in [0.2, 0.25) is 0 Å². The van der Waals surface area contributed by atoms with Crippen LogP contribution in [0.4, 0.5) is 0 Å². The predicted octanol–water partition coefficient (Wildman–Crippen LogP) is 2.86. The van der Waals surface area contributed by atoms with Gasteiger partial charge in [-0.1, -0.05) is 44.2 Å². The van der Waals surface area contributed by atoms with Gasteiger partial charge in [-0.05, 0) is 18.6 Å². The lowest BCUT2D eigenvalue weighted by Gasteiger charge is -2.08. The van der Waals surface area contributed by atoms with Crippen molar-refractivity contribution < 1.29 is 14.3 Å². The molecule has 0 fully saturated rings. The molecule has 0 spiro atoms. The summed E-state index contributed by atoms with van der Waals surface area (Å²) in [6.45, 7) is 5.51. The van der Waals surface area contributed by atoms with Crippen LogP contribution in [-0.4, -0.2) is 18.4 Å². The maximum Gasteiger partial charge on any atom is 0.341 e. The van der Waals surface area contributed by atoms with Crippen LogP contribution in [0.3, 0.4) is 0 Å². The molecular formula is C15H18O3. The van der Waals surface area contributed by atoms with Gasteiger partial charge in [0, 0.05) is 5.92 Å². The molecule has 1 aromatic rings. The van der Waals surface area contributed by atoms with E-state index in [1.807, 2.05) is 30.3 Å². The zero-order chi connectivity index (χ0) is 13.5. The van der Waals surface area contributed by atoms with Crippen LogP contribution in [0, 0.1) is 5.92 Å². The van der Waals surface area contributed by atoms with Gasteiger partial charge >= 0.3 is 5.97 Å². The Balaban J connectivity index is 3.08. The summed E-state index contributed by atoms with van der Waals surface area (Å²) >= 11 is 0. The van der Waals surface area contributed by atoms with Crippen molar-refractivity contribution in [3.63, 3.8) is 0 Å². The Hall–Kier alpha value is -1.90. The van der Waals surface area contributed by atoms with Gasteiger partial charge in [0.15, 0.2) is 5.78 Å². The van der Waals surface area contributed by atoms with E-state index in [4.69, 9.17) is 4.74 Å². The van der Waals surface area contributed by atoms with Crippen molar-refractivity contribution >= 4 is 17.8 Å². The highest BCUT2D eigenvalue weighted by molar-refractivity contribution is 6.21. The number of Topliss-reactive ketones (excluding diaryl/α,β-unsaturated/α-hetero) is 1. The molecule has 3 nitrogen and oxygen atoms in total. The lowest BCUT2D eigenvalue weighted by atomic mass is 9.99. The van der Waals surface area contributed by atoms with Gasteiger partial charge in [-0.2, -0.15) is 0 Å². The fourth-order valence-corrected chi connectivity index (χ4v) is 1.47. The third-order valence-corrected chi connectivity index (χ3v) is 2.40. The summed E-state index contributed by atoms with van der Waals surface area (Å²) in [5.41, 5.74) is 0.924. The van der Waals surface area contributed by atoms with Crippen LogP contribution < -0.4 is 0 Å². The second-order valence-corrected chi connectivity index (χ2v) is 4.21. The maximum atomic E-state index is 12.0. The van der Waals surface area contributed by atoms with E-state index in [0.717, 1.165) is 5.56 Å². The van der Waals surface area contributed by atoms with Crippen LogP contribution in [-0.2, 0) is 14.3 Å². The van der Waals surface area contributed by atoms with Gasteiger partial charge in [0.25, 0.3) is 0 Å². The summed E-state index contributed by atoms with van der Waals surface area (Å²) < 4.78 is 4.92. The molecule has 96 valence electrons. The first kappa shape index (κ1) is 14.2. The highest BCUT2D eigenvalue weighted by Gasteiger charge is 2.21. The van der Waals surface area contributed by atoms with E-state index in [2.05, 4.69) is 0 Å². The number of ether oxygens (including phenoxy) is 1. The molecule has 0 heterocycles. The minimum absolute atomic E-state index is 0.109. The molecule has 0 aromatic heterocycles. The maximum absolute atomic E-state index is 12.0. The highest BCUT2D eigenvalue weighted by atomic mass is 16.5. The van der Waals surface area contributed by atoms with Gasteiger partial charge in [0.05, 0.1) is 6.61 Å². The molecule has 0 atom stereocenters. The molecule has 1 rings (SSSR count). The quantitative estimate of drug-likeness (QED) is 0.347. The van der Waals surface area contributed by atoms with E-state index in [1.54, 1.807) is 26.8 Å². The fraction of sp³-hybridized carbons (Fsp3) is 0.333. The minimum atomic E-state index is -0.556. The molecule has 0 saturated heterocycles. The molecule has 0 aliphatic carbocycles. The second kappa shape index (κ2) is 6.74. The third kappa shape index (κ3) is 3.84. The zero-order valence-corrected chi connectivity index (χ0v) is 11.0. The normalized spacial score (nSPS) is 11.4. The van der Waals surface area contributed by atoms with E-state index in [1.165, 1.54) is 0 Å². The number of benzene rings is 1. The predicted molar refractivity (Wildman–Crippen MR) is 70.9 cm³/mol. The Bertz CT molecular complexity index is 444. The summed E-state index contributed by atoms with van der Waals surface area (Å²) in [4.78, 5) is 23.8. The largest absolute Gasteiger partial charge is 0.462 e. The van der Waals surface area contributed by atoms with Crippen molar-refractivity contribution in [2.75, 3.05) is 6.61 Å².